The average Bonchev–Trinajstić information content (AvgIpc) is 3.28. The molecule has 1 aliphatic rings. The SMILES string of the molecule is O=C(c1ccc(F)cc1)[C@H]1[C@@H](c2ccco2)c2sc(=O)[nH]c2S[C@H]1C(=O)O. The minimum atomic E-state index is -1.17. The number of carboxylic acid groups (broad SMARTS) is 1. The smallest absolute Gasteiger partial charge is 0.317 e. The molecule has 9 heteroatoms. The fourth-order valence-electron chi connectivity index (χ4n) is 3.23. The molecule has 2 N–H and O–H groups in total. The minimum absolute atomic E-state index is 0.205. The van der Waals surface area contributed by atoms with E-state index in [4.69, 9.17) is 4.42 Å². The van der Waals surface area contributed by atoms with Crippen LogP contribution >= 0.6 is 23.1 Å². The number of thioether (sulfide) groups is 1. The molecule has 0 radical (unpaired) electrons. The van der Waals surface area contributed by atoms with Gasteiger partial charge in [0.15, 0.2) is 5.78 Å². The molecule has 2 aromatic heterocycles. The lowest BCUT2D eigenvalue weighted by atomic mass is 9.80. The van der Waals surface area contributed by atoms with Gasteiger partial charge in [-0.15, -0.1) is 0 Å². The van der Waals surface area contributed by atoms with Crippen LogP contribution in [0.1, 0.15) is 26.9 Å². The molecule has 6 nitrogen and oxygen atoms in total. The number of halogens is 1. The summed E-state index contributed by atoms with van der Waals surface area (Å²) < 4.78 is 18.7. The van der Waals surface area contributed by atoms with E-state index < -0.39 is 34.7 Å². The number of fused-ring (bicyclic) bond motifs is 1. The highest BCUT2D eigenvalue weighted by molar-refractivity contribution is 8.00. The van der Waals surface area contributed by atoms with Gasteiger partial charge in [0.1, 0.15) is 16.8 Å². The summed E-state index contributed by atoms with van der Waals surface area (Å²) in [5.41, 5.74) is 0.205. The summed E-state index contributed by atoms with van der Waals surface area (Å²) in [6.45, 7) is 0. The quantitative estimate of drug-likeness (QED) is 0.646. The van der Waals surface area contributed by atoms with Crippen LogP contribution < -0.4 is 4.87 Å². The Balaban J connectivity index is 1.88. The number of thiazole rings is 1. The van der Waals surface area contributed by atoms with Crippen molar-refractivity contribution in [2.75, 3.05) is 0 Å². The molecular weight excluding hydrogens is 393 g/mol. The molecule has 0 saturated carbocycles. The number of carboxylic acids is 1. The first-order chi connectivity index (χ1) is 13.0. The van der Waals surface area contributed by atoms with Crippen LogP contribution in [-0.2, 0) is 4.79 Å². The van der Waals surface area contributed by atoms with Gasteiger partial charge in [0.05, 0.1) is 28.0 Å². The maximum absolute atomic E-state index is 13.2. The number of carbonyl (C=O) groups is 2. The molecule has 0 fully saturated rings. The zero-order valence-corrected chi connectivity index (χ0v) is 15.2. The Morgan fingerprint density at radius 2 is 1.93 bits per heavy atom. The van der Waals surface area contributed by atoms with Crippen molar-refractivity contribution in [1.29, 1.82) is 0 Å². The summed E-state index contributed by atoms with van der Waals surface area (Å²) in [5, 5.41) is 9.05. The number of H-pyrrole nitrogens is 1. The van der Waals surface area contributed by atoms with Crippen LogP contribution in [0.4, 0.5) is 4.39 Å². The summed E-state index contributed by atoms with van der Waals surface area (Å²) in [6, 6.07) is 8.26. The molecule has 1 aliphatic heterocycles. The molecule has 27 heavy (non-hydrogen) atoms. The first kappa shape index (κ1) is 17.7. The number of aromatic nitrogens is 1. The Hall–Kier alpha value is -2.65. The van der Waals surface area contributed by atoms with E-state index in [2.05, 4.69) is 4.98 Å². The first-order valence-electron chi connectivity index (χ1n) is 7.91. The van der Waals surface area contributed by atoms with Crippen LogP contribution in [-0.4, -0.2) is 27.1 Å². The van der Waals surface area contributed by atoms with Gasteiger partial charge in [0.25, 0.3) is 0 Å². The van der Waals surface area contributed by atoms with Gasteiger partial charge in [0.2, 0.25) is 0 Å². The fraction of sp³-hybridized carbons (Fsp3) is 0.167. The zero-order valence-electron chi connectivity index (χ0n) is 13.5. The highest BCUT2D eigenvalue weighted by atomic mass is 32.2. The number of nitrogens with one attached hydrogen (secondary N) is 1. The van der Waals surface area contributed by atoms with E-state index >= 15 is 0 Å². The lowest BCUT2D eigenvalue weighted by molar-refractivity contribution is -0.137. The number of benzene rings is 1. The van der Waals surface area contributed by atoms with E-state index in [0.29, 0.717) is 15.7 Å². The van der Waals surface area contributed by atoms with Gasteiger partial charge in [-0.3, -0.25) is 14.4 Å². The predicted molar refractivity (Wildman–Crippen MR) is 97.0 cm³/mol. The summed E-state index contributed by atoms with van der Waals surface area (Å²) in [6.07, 6.45) is 1.43. The molecular formula is C18H12FNO5S2. The van der Waals surface area contributed by atoms with Gasteiger partial charge >= 0.3 is 10.8 Å². The fourth-order valence-corrected chi connectivity index (χ4v) is 5.63. The van der Waals surface area contributed by atoms with Crippen LogP contribution in [0.5, 0.6) is 0 Å². The molecule has 1 aromatic carbocycles. The van der Waals surface area contributed by atoms with E-state index in [1.807, 2.05) is 0 Å². The van der Waals surface area contributed by atoms with Crippen molar-refractivity contribution in [3.63, 3.8) is 0 Å². The topological polar surface area (TPSA) is 100 Å². The van der Waals surface area contributed by atoms with E-state index in [-0.39, 0.29) is 10.4 Å². The van der Waals surface area contributed by atoms with Crippen molar-refractivity contribution < 1.29 is 23.5 Å². The van der Waals surface area contributed by atoms with Crippen molar-refractivity contribution in [3.8, 4) is 0 Å². The monoisotopic (exact) mass is 405 g/mol. The van der Waals surface area contributed by atoms with Gasteiger partial charge in [-0.05, 0) is 36.4 Å². The molecule has 138 valence electrons. The summed E-state index contributed by atoms with van der Waals surface area (Å²) >= 11 is 1.87. The highest BCUT2D eigenvalue weighted by Gasteiger charge is 2.48. The van der Waals surface area contributed by atoms with Crippen molar-refractivity contribution >= 4 is 34.9 Å². The van der Waals surface area contributed by atoms with Crippen molar-refractivity contribution in [1.82, 2.24) is 4.98 Å². The standard InChI is InChI=1S/C18H12FNO5S2/c19-9-5-3-8(4-6-9)13(21)12-11(10-2-1-7-25-10)14-16(20-18(24)27-14)26-15(12)17(22)23/h1-7,11-12,15H,(H,20,24)(H,22,23)/t11-,12-,15-/m1/s1. The normalized spacial score (nSPS) is 21.6. The Labute approximate surface area is 160 Å². The van der Waals surface area contributed by atoms with Crippen LogP contribution in [0, 0.1) is 11.7 Å². The second kappa shape index (κ2) is 6.82. The van der Waals surface area contributed by atoms with E-state index in [1.54, 1.807) is 12.1 Å². The molecule has 3 aromatic rings. The van der Waals surface area contributed by atoms with Crippen molar-refractivity contribution in [2.24, 2.45) is 5.92 Å². The van der Waals surface area contributed by atoms with E-state index in [9.17, 15) is 23.9 Å². The summed E-state index contributed by atoms with van der Waals surface area (Å²) in [4.78, 5) is 39.9. The number of hydrogen-bond donors (Lipinski definition) is 2. The molecule has 0 bridgehead atoms. The molecule has 0 unspecified atom stereocenters. The summed E-state index contributed by atoms with van der Waals surface area (Å²) in [7, 11) is 0. The third-order valence-electron chi connectivity index (χ3n) is 4.38. The molecule has 4 rings (SSSR count). The second-order valence-electron chi connectivity index (χ2n) is 5.97. The molecule has 0 saturated heterocycles. The zero-order chi connectivity index (χ0) is 19.1. The minimum Gasteiger partial charge on any atom is -0.480 e. The Bertz CT molecular complexity index is 1050. The predicted octanol–water partition coefficient (Wildman–Crippen LogP) is 3.36. The number of rotatable bonds is 4. The number of aromatic amines is 1. The third kappa shape index (κ3) is 3.13. The lowest BCUT2D eigenvalue weighted by Crippen LogP contribution is -2.39. The third-order valence-corrected chi connectivity index (χ3v) is 6.78. The van der Waals surface area contributed by atoms with Crippen LogP contribution in [0.25, 0.3) is 0 Å². The number of furan rings is 1. The van der Waals surface area contributed by atoms with E-state index in [1.165, 1.54) is 18.4 Å². The largest absolute Gasteiger partial charge is 0.480 e. The molecule has 0 amide bonds. The number of hydrogen-bond acceptors (Lipinski definition) is 6. The second-order valence-corrected chi connectivity index (χ2v) is 8.14. The molecule has 3 atom stereocenters. The Kier molecular flexibility index (Phi) is 4.48. The van der Waals surface area contributed by atoms with E-state index in [0.717, 1.165) is 35.2 Å². The lowest BCUT2D eigenvalue weighted by Gasteiger charge is -2.33. The van der Waals surface area contributed by atoms with Crippen LogP contribution in [0.2, 0.25) is 0 Å². The van der Waals surface area contributed by atoms with Crippen molar-refractivity contribution in [2.45, 2.75) is 16.2 Å². The maximum Gasteiger partial charge on any atom is 0.317 e. The highest BCUT2D eigenvalue weighted by Crippen LogP contribution is 2.50. The molecule has 3 heterocycles. The molecule has 0 spiro atoms. The average molecular weight is 405 g/mol. The first-order valence-corrected chi connectivity index (χ1v) is 9.61. The number of carbonyl (C=O) groups excluding carboxylic acids is 1. The Morgan fingerprint density at radius 1 is 1.19 bits per heavy atom. The summed E-state index contributed by atoms with van der Waals surface area (Å²) in [5.74, 6) is -3.44. The Morgan fingerprint density at radius 3 is 2.56 bits per heavy atom. The van der Waals surface area contributed by atoms with Crippen LogP contribution in [0.3, 0.4) is 0 Å². The van der Waals surface area contributed by atoms with Crippen molar-refractivity contribution in [3.05, 3.63) is 74.3 Å². The van der Waals surface area contributed by atoms with Crippen LogP contribution in [0.15, 0.2) is 56.9 Å². The van der Waals surface area contributed by atoms with Gasteiger partial charge in [0, 0.05) is 5.56 Å². The number of Topliss-reactive ketones (excluding diaryl/α,β-unsaturated/α-hetero) is 1. The number of ketones is 1. The van der Waals surface area contributed by atoms with Gasteiger partial charge in [-0.2, -0.15) is 0 Å². The van der Waals surface area contributed by atoms with Gasteiger partial charge in [-0.25, -0.2) is 4.39 Å². The number of aliphatic carboxylic acids is 1. The molecule has 0 aliphatic carbocycles. The van der Waals surface area contributed by atoms with Gasteiger partial charge in [-0.1, -0.05) is 23.1 Å². The van der Waals surface area contributed by atoms with Gasteiger partial charge < -0.3 is 14.5 Å². The maximum atomic E-state index is 13.2.